The van der Waals surface area contributed by atoms with Gasteiger partial charge in [0.15, 0.2) is 0 Å². The Morgan fingerprint density at radius 2 is 1.86 bits per heavy atom. The van der Waals surface area contributed by atoms with Crippen molar-refractivity contribution in [2.75, 3.05) is 14.2 Å². The number of aryl methyl sites for hydroxylation is 1. The molecule has 0 saturated heterocycles. The number of nitrogens with zero attached hydrogens (tertiary/aromatic N) is 2. The van der Waals surface area contributed by atoms with Crippen LogP contribution >= 0.6 is 22.9 Å². The number of ether oxygens (including phenoxy) is 2. The van der Waals surface area contributed by atoms with E-state index in [0.717, 1.165) is 16.9 Å². The molecule has 0 radical (unpaired) electrons. The van der Waals surface area contributed by atoms with Crippen molar-refractivity contribution in [2.24, 2.45) is 5.10 Å². The van der Waals surface area contributed by atoms with Gasteiger partial charge in [0.2, 0.25) is 0 Å². The van der Waals surface area contributed by atoms with Gasteiger partial charge in [-0.25, -0.2) is 10.4 Å². The largest absolute Gasteiger partial charge is 0.497 e. The lowest BCUT2D eigenvalue weighted by atomic mass is 10.1. The minimum Gasteiger partial charge on any atom is -0.497 e. The number of aromatic nitrogens is 1. The average molecular weight is 430 g/mol. The van der Waals surface area contributed by atoms with Gasteiger partial charge in [-0.2, -0.15) is 5.10 Å². The van der Waals surface area contributed by atoms with E-state index < -0.39 is 0 Å². The molecule has 29 heavy (non-hydrogen) atoms. The number of benzene rings is 2. The van der Waals surface area contributed by atoms with Gasteiger partial charge in [-0.1, -0.05) is 11.6 Å². The smallest absolute Gasteiger partial charge is 0.283 e. The maximum atomic E-state index is 12.6. The Balaban J connectivity index is 1.80. The highest BCUT2D eigenvalue weighted by atomic mass is 35.5. The van der Waals surface area contributed by atoms with Crippen LogP contribution in [-0.4, -0.2) is 30.8 Å². The van der Waals surface area contributed by atoms with Crippen LogP contribution in [0.3, 0.4) is 0 Å². The number of hydrazone groups is 1. The first-order valence-electron chi connectivity index (χ1n) is 8.73. The number of hydrogen-bond acceptors (Lipinski definition) is 6. The maximum absolute atomic E-state index is 12.6. The molecule has 3 aromatic rings. The first kappa shape index (κ1) is 20.8. The van der Waals surface area contributed by atoms with E-state index in [1.54, 1.807) is 33.3 Å². The van der Waals surface area contributed by atoms with Gasteiger partial charge in [0.25, 0.3) is 5.91 Å². The number of hydrogen-bond donors (Lipinski definition) is 1. The van der Waals surface area contributed by atoms with Gasteiger partial charge in [0.05, 0.1) is 31.2 Å². The summed E-state index contributed by atoms with van der Waals surface area (Å²) in [6.45, 7) is 3.61. The maximum Gasteiger partial charge on any atom is 0.283 e. The van der Waals surface area contributed by atoms with Gasteiger partial charge in [-0.15, -0.1) is 11.3 Å². The normalized spacial score (nSPS) is 11.3. The highest BCUT2D eigenvalue weighted by molar-refractivity contribution is 7.17. The predicted octanol–water partition coefficient (Wildman–Crippen LogP) is 4.94. The second-order valence-corrected chi connectivity index (χ2v) is 7.58. The van der Waals surface area contributed by atoms with E-state index in [4.69, 9.17) is 21.1 Å². The van der Waals surface area contributed by atoms with Gasteiger partial charge in [-0.05, 0) is 61.9 Å². The molecular formula is C21H20ClN3O3S. The molecule has 3 rings (SSSR count). The van der Waals surface area contributed by atoms with Gasteiger partial charge in [-0.3, -0.25) is 4.79 Å². The summed E-state index contributed by atoms with van der Waals surface area (Å²) in [5.74, 6) is 1.05. The van der Waals surface area contributed by atoms with Crippen molar-refractivity contribution in [3.63, 3.8) is 0 Å². The van der Waals surface area contributed by atoms with Crippen LogP contribution in [0.4, 0.5) is 0 Å². The van der Waals surface area contributed by atoms with E-state index in [0.29, 0.717) is 32.1 Å². The van der Waals surface area contributed by atoms with Crippen LogP contribution in [0.25, 0.3) is 10.6 Å². The van der Waals surface area contributed by atoms with Crippen LogP contribution in [0.5, 0.6) is 11.5 Å². The zero-order valence-corrected chi connectivity index (χ0v) is 18.0. The zero-order chi connectivity index (χ0) is 21.0. The Bertz CT molecular complexity index is 1060. The minimum atomic E-state index is -0.313. The molecule has 0 fully saturated rings. The monoisotopic (exact) mass is 429 g/mol. The highest BCUT2D eigenvalue weighted by Gasteiger charge is 2.18. The molecule has 6 nitrogen and oxygen atoms in total. The van der Waals surface area contributed by atoms with E-state index in [1.807, 2.05) is 37.3 Å². The van der Waals surface area contributed by atoms with Crippen molar-refractivity contribution in [3.8, 4) is 22.1 Å². The van der Waals surface area contributed by atoms with Crippen molar-refractivity contribution in [3.05, 3.63) is 63.6 Å². The average Bonchev–Trinajstić information content (AvgIpc) is 3.13. The quantitative estimate of drug-likeness (QED) is 0.444. The second-order valence-electron chi connectivity index (χ2n) is 6.14. The van der Waals surface area contributed by atoms with Crippen LogP contribution in [-0.2, 0) is 0 Å². The number of carbonyl (C=O) groups excluding carboxylic acids is 1. The van der Waals surface area contributed by atoms with E-state index in [9.17, 15) is 4.79 Å². The van der Waals surface area contributed by atoms with Crippen LogP contribution < -0.4 is 14.9 Å². The Morgan fingerprint density at radius 3 is 2.52 bits per heavy atom. The van der Waals surface area contributed by atoms with Crippen LogP contribution in [0.2, 0.25) is 5.02 Å². The fourth-order valence-electron chi connectivity index (χ4n) is 2.65. The lowest BCUT2D eigenvalue weighted by Crippen LogP contribution is -2.19. The number of rotatable bonds is 6. The summed E-state index contributed by atoms with van der Waals surface area (Å²) >= 11 is 7.30. The lowest BCUT2D eigenvalue weighted by molar-refractivity contribution is 0.0958. The van der Waals surface area contributed by atoms with Crippen molar-refractivity contribution in [1.82, 2.24) is 10.4 Å². The number of nitrogens with one attached hydrogen (secondary N) is 1. The number of amides is 1. The van der Waals surface area contributed by atoms with Gasteiger partial charge >= 0.3 is 0 Å². The fraction of sp³-hybridized carbons (Fsp3) is 0.190. The molecule has 0 atom stereocenters. The molecule has 0 bridgehead atoms. The molecule has 0 spiro atoms. The van der Waals surface area contributed by atoms with Crippen LogP contribution in [0, 0.1) is 6.92 Å². The number of carbonyl (C=O) groups is 1. The molecule has 2 aromatic carbocycles. The Labute approximate surface area is 178 Å². The van der Waals surface area contributed by atoms with Gasteiger partial charge in [0.1, 0.15) is 21.4 Å². The third-order valence-electron chi connectivity index (χ3n) is 4.23. The number of halogens is 1. The van der Waals surface area contributed by atoms with Crippen LogP contribution in [0.15, 0.2) is 47.6 Å². The molecule has 1 heterocycles. The predicted molar refractivity (Wildman–Crippen MR) is 117 cm³/mol. The van der Waals surface area contributed by atoms with Crippen molar-refractivity contribution in [2.45, 2.75) is 13.8 Å². The first-order valence-corrected chi connectivity index (χ1v) is 9.92. The van der Waals surface area contributed by atoms with E-state index >= 15 is 0 Å². The summed E-state index contributed by atoms with van der Waals surface area (Å²) < 4.78 is 10.5. The standard InChI is InChI=1S/C21H20ClN3O3S/c1-12(14-5-8-16(27-3)9-6-14)24-25-20(26)19-13(2)23-21(29-19)17-10-7-15(22)11-18(17)28-4/h5-11H,1-4H3,(H,25,26)/b24-12+. The third-order valence-corrected chi connectivity index (χ3v) is 5.65. The van der Waals surface area contributed by atoms with Crippen molar-refractivity contribution < 1.29 is 14.3 Å². The summed E-state index contributed by atoms with van der Waals surface area (Å²) in [6, 6.07) is 12.8. The summed E-state index contributed by atoms with van der Waals surface area (Å²) in [6.07, 6.45) is 0. The molecule has 0 unspecified atom stereocenters. The molecule has 8 heteroatoms. The topological polar surface area (TPSA) is 72.8 Å². The number of thiazole rings is 1. The second kappa shape index (κ2) is 9.07. The zero-order valence-electron chi connectivity index (χ0n) is 16.4. The Morgan fingerprint density at radius 1 is 1.14 bits per heavy atom. The fourth-order valence-corrected chi connectivity index (χ4v) is 3.79. The minimum absolute atomic E-state index is 0.313. The summed E-state index contributed by atoms with van der Waals surface area (Å²) in [5, 5.41) is 5.46. The van der Waals surface area contributed by atoms with Crippen molar-refractivity contribution >= 4 is 34.6 Å². The SMILES string of the molecule is COc1ccc(/C(C)=N/NC(=O)c2sc(-c3ccc(Cl)cc3OC)nc2C)cc1. The summed E-state index contributed by atoms with van der Waals surface area (Å²) in [7, 11) is 3.18. The highest BCUT2D eigenvalue weighted by Crippen LogP contribution is 2.36. The van der Waals surface area contributed by atoms with E-state index in [1.165, 1.54) is 11.3 Å². The Kier molecular flexibility index (Phi) is 6.51. The molecule has 0 aliphatic carbocycles. The van der Waals surface area contributed by atoms with E-state index in [2.05, 4.69) is 15.5 Å². The number of methoxy groups -OCH3 is 2. The van der Waals surface area contributed by atoms with Crippen LogP contribution in [0.1, 0.15) is 27.9 Å². The van der Waals surface area contributed by atoms with Gasteiger partial charge < -0.3 is 9.47 Å². The van der Waals surface area contributed by atoms with E-state index in [-0.39, 0.29) is 5.91 Å². The molecule has 1 N–H and O–H groups in total. The summed E-state index contributed by atoms with van der Waals surface area (Å²) in [5.41, 5.74) is 5.58. The Hall–Kier alpha value is -2.90. The molecule has 0 aliphatic rings. The van der Waals surface area contributed by atoms with Gasteiger partial charge in [0, 0.05) is 5.02 Å². The summed E-state index contributed by atoms with van der Waals surface area (Å²) in [4.78, 5) is 17.6. The first-order chi connectivity index (χ1) is 13.9. The molecule has 0 aliphatic heterocycles. The third kappa shape index (κ3) is 4.75. The molecule has 1 amide bonds. The lowest BCUT2D eigenvalue weighted by Gasteiger charge is -2.05. The molecule has 1 aromatic heterocycles. The molecular weight excluding hydrogens is 410 g/mol. The van der Waals surface area contributed by atoms with Crippen molar-refractivity contribution in [1.29, 1.82) is 0 Å². The molecule has 0 saturated carbocycles. The molecule has 150 valence electrons.